The normalized spacial score (nSPS) is 13.8. The molecule has 1 aliphatic rings. The van der Waals surface area contributed by atoms with Gasteiger partial charge in [0, 0.05) is 19.6 Å². The molecule has 0 bridgehead atoms. The third-order valence-corrected chi connectivity index (χ3v) is 3.05. The molecule has 0 spiro atoms. The van der Waals surface area contributed by atoms with Crippen LogP contribution >= 0.6 is 24.0 Å². The van der Waals surface area contributed by atoms with Crippen molar-refractivity contribution in [2.45, 2.75) is 26.2 Å². The summed E-state index contributed by atoms with van der Waals surface area (Å²) in [4.78, 5) is 4.37. The quantitative estimate of drug-likeness (QED) is 0.581. The zero-order chi connectivity index (χ0) is 13.3. The molecule has 5 heteroatoms. The Morgan fingerprint density at radius 3 is 2.75 bits per heavy atom. The lowest BCUT2D eigenvalue weighted by Gasteiger charge is -2.15. The van der Waals surface area contributed by atoms with Crippen LogP contribution in [-0.2, 0) is 0 Å². The van der Waals surface area contributed by atoms with Crippen LogP contribution in [0.2, 0.25) is 0 Å². The number of ether oxygens (including phenoxy) is 1. The Morgan fingerprint density at radius 1 is 1.25 bits per heavy atom. The average molecular weight is 389 g/mol. The van der Waals surface area contributed by atoms with Crippen molar-refractivity contribution in [2.24, 2.45) is 4.99 Å². The zero-order valence-electron chi connectivity index (χ0n) is 12.0. The highest BCUT2D eigenvalue weighted by Gasteiger charge is 2.01. The molecule has 0 radical (unpaired) electrons. The van der Waals surface area contributed by atoms with Crippen molar-refractivity contribution in [2.75, 3.05) is 26.2 Å². The van der Waals surface area contributed by atoms with Crippen LogP contribution in [0, 0.1) is 6.92 Å². The summed E-state index contributed by atoms with van der Waals surface area (Å²) in [6.07, 6.45) is 3.27. The van der Waals surface area contributed by atoms with Crippen LogP contribution in [0.15, 0.2) is 29.3 Å². The lowest BCUT2D eigenvalue weighted by Crippen LogP contribution is -2.41. The number of halogens is 1. The molecule has 1 aromatic carbocycles. The summed E-state index contributed by atoms with van der Waals surface area (Å²) in [5.74, 6) is 1.91. The number of unbranched alkanes of at least 4 members (excludes halogenated alkanes) is 1. The smallest absolute Gasteiger partial charge is 0.191 e. The van der Waals surface area contributed by atoms with E-state index in [0.29, 0.717) is 0 Å². The van der Waals surface area contributed by atoms with Crippen LogP contribution in [0.4, 0.5) is 0 Å². The minimum absolute atomic E-state index is 0. The SMILES string of the molecule is Cc1ccc(OCCCCNC2=NCCCN2)cc1.I. The van der Waals surface area contributed by atoms with E-state index in [4.69, 9.17) is 4.74 Å². The van der Waals surface area contributed by atoms with Crippen molar-refractivity contribution < 1.29 is 4.74 Å². The predicted octanol–water partition coefficient (Wildman–Crippen LogP) is 2.71. The molecule has 0 aromatic heterocycles. The standard InChI is InChI=1S/C15H23N3O.HI/c1-13-5-7-14(8-6-13)19-12-3-2-9-16-15-17-10-4-11-18-15;/h5-8H,2-4,9-12H2,1H3,(H2,16,17,18);1H. The maximum atomic E-state index is 5.68. The molecule has 20 heavy (non-hydrogen) atoms. The highest BCUT2D eigenvalue weighted by molar-refractivity contribution is 14.0. The largest absolute Gasteiger partial charge is 0.494 e. The predicted molar refractivity (Wildman–Crippen MR) is 94.2 cm³/mol. The molecule has 0 amide bonds. The topological polar surface area (TPSA) is 45.6 Å². The minimum atomic E-state index is 0. The maximum Gasteiger partial charge on any atom is 0.191 e. The van der Waals surface area contributed by atoms with Gasteiger partial charge in [-0.3, -0.25) is 4.99 Å². The first-order chi connectivity index (χ1) is 9.34. The summed E-state index contributed by atoms with van der Waals surface area (Å²) < 4.78 is 5.68. The van der Waals surface area contributed by atoms with Crippen molar-refractivity contribution in [3.8, 4) is 5.75 Å². The van der Waals surface area contributed by atoms with Crippen LogP contribution in [0.25, 0.3) is 0 Å². The average Bonchev–Trinajstić information content (AvgIpc) is 2.46. The van der Waals surface area contributed by atoms with Crippen molar-refractivity contribution in [1.82, 2.24) is 10.6 Å². The second kappa shape index (κ2) is 9.85. The highest BCUT2D eigenvalue weighted by atomic mass is 127. The second-order valence-electron chi connectivity index (χ2n) is 4.81. The Morgan fingerprint density at radius 2 is 2.05 bits per heavy atom. The summed E-state index contributed by atoms with van der Waals surface area (Å²) >= 11 is 0. The van der Waals surface area contributed by atoms with E-state index in [1.807, 2.05) is 12.1 Å². The van der Waals surface area contributed by atoms with Crippen molar-refractivity contribution in [3.63, 3.8) is 0 Å². The Labute approximate surface area is 138 Å². The van der Waals surface area contributed by atoms with Crippen molar-refractivity contribution >= 4 is 29.9 Å². The van der Waals surface area contributed by atoms with Gasteiger partial charge in [0.1, 0.15) is 5.75 Å². The van der Waals surface area contributed by atoms with E-state index in [1.54, 1.807) is 0 Å². The molecule has 112 valence electrons. The number of aryl methyl sites for hydroxylation is 1. The number of hydrogen-bond donors (Lipinski definition) is 2. The Kier molecular flexibility index (Phi) is 8.41. The van der Waals surface area contributed by atoms with Gasteiger partial charge < -0.3 is 15.4 Å². The fourth-order valence-corrected chi connectivity index (χ4v) is 1.91. The second-order valence-corrected chi connectivity index (χ2v) is 4.81. The number of aliphatic imine (C=N–C) groups is 1. The highest BCUT2D eigenvalue weighted by Crippen LogP contribution is 2.11. The van der Waals surface area contributed by atoms with E-state index < -0.39 is 0 Å². The van der Waals surface area contributed by atoms with E-state index in [-0.39, 0.29) is 24.0 Å². The Balaban J connectivity index is 0.00000200. The molecule has 0 saturated heterocycles. The van der Waals surface area contributed by atoms with Crippen LogP contribution in [0.3, 0.4) is 0 Å². The summed E-state index contributed by atoms with van der Waals surface area (Å²) in [7, 11) is 0. The number of nitrogens with one attached hydrogen (secondary N) is 2. The van der Waals surface area contributed by atoms with Crippen LogP contribution in [0.5, 0.6) is 5.75 Å². The van der Waals surface area contributed by atoms with Gasteiger partial charge in [-0.25, -0.2) is 0 Å². The van der Waals surface area contributed by atoms with Gasteiger partial charge in [0.2, 0.25) is 0 Å². The van der Waals surface area contributed by atoms with Crippen molar-refractivity contribution in [1.29, 1.82) is 0 Å². The fraction of sp³-hybridized carbons (Fsp3) is 0.533. The minimum Gasteiger partial charge on any atom is -0.494 e. The lowest BCUT2D eigenvalue weighted by molar-refractivity contribution is 0.307. The summed E-state index contributed by atoms with van der Waals surface area (Å²) in [6.45, 7) is 5.76. The van der Waals surface area contributed by atoms with E-state index in [2.05, 4.69) is 34.7 Å². The lowest BCUT2D eigenvalue weighted by atomic mass is 10.2. The number of nitrogens with zero attached hydrogens (tertiary/aromatic N) is 1. The molecule has 0 saturated carbocycles. The molecular formula is C15H24IN3O. The molecule has 2 N–H and O–H groups in total. The molecular weight excluding hydrogens is 365 g/mol. The van der Waals surface area contributed by atoms with E-state index in [9.17, 15) is 0 Å². The van der Waals surface area contributed by atoms with E-state index in [1.165, 1.54) is 5.56 Å². The Bertz CT molecular complexity index is 406. The summed E-state index contributed by atoms with van der Waals surface area (Å²) in [5, 5.41) is 6.56. The molecule has 0 aliphatic carbocycles. The maximum absolute atomic E-state index is 5.68. The fourth-order valence-electron chi connectivity index (χ4n) is 1.91. The van der Waals surface area contributed by atoms with Gasteiger partial charge in [-0.15, -0.1) is 24.0 Å². The Hall–Kier alpha value is -0.980. The third-order valence-electron chi connectivity index (χ3n) is 3.05. The zero-order valence-corrected chi connectivity index (χ0v) is 14.4. The molecule has 2 rings (SSSR count). The molecule has 1 aromatic rings. The molecule has 4 nitrogen and oxygen atoms in total. The number of benzene rings is 1. The first-order valence-corrected chi connectivity index (χ1v) is 7.06. The van der Waals surface area contributed by atoms with Gasteiger partial charge in [0.05, 0.1) is 6.61 Å². The van der Waals surface area contributed by atoms with Gasteiger partial charge >= 0.3 is 0 Å². The molecule has 1 heterocycles. The van der Waals surface area contributed by atoms with Gasteiger partial charge in [-0.2, -0.15) is 0 Å². The molecule has 0 unspecified atom stereocenters. The van der Waals surface area contributed by atoms with Crippen LogP contribution in [0.1, 0.15) is 24.8 Å². The van der Waals surface area contributed by atoms with Gasteiger partial charge in [0.25, 0.3) is 0 Å². The van der Waals surface area contributed by atoms with Gasteiger partial charge in [-0.05, 0) is 38.3 Å². The molecule has 1 aliphatic heterocycles. The van der Waals surface area contributed by atoms with E-state index in [0.717, 1.165) is 57.2 Å². The number of guanidine groups is 1. The summed E-state index contributed by atoms with van der Waals surface area (Å²) in [6, 6.07) is 8.19. The monoisotopic (exact) mass is 389 g/mol. The van der Waals surface area contributed by atoms with E-state index >= 15 is 0 Å². The van der Waals surface area contributed by atoms with Gasteiger partial charge in [-0.1, -0.05) is 17.7 Å². The number of rotatable bonds is 6. The van der Waals surface area contributed by atoms with Crippen LogP contribution in [-0.4, -0.2) is 32.2 Å². The first-order valence-electron chi connectivity index (χ1n) is 7.06. The van der Waals surface area contributed by atoms with Gasteiger partial charge in [0.15, 0.2) is 5.96 Å². The molecule has 0 atom stereocenters. The molecule has 0 fully saturated rings. The van der Waals surface area contributed by atoms with Crippen molar-refractivity contribution in [3.05, 3.63) is 29.8 Å². The summed E-state index contributed by atoms with van der Waals surface area (Å²) in [5.41, 5.74) is 1.26. The first kappa shape index (κ1) is 17.1. The van der Waals surface area contributed by atoms with Crippen LogP contribution < -0.4 is 15.4 Å². The number of hydrogen-bond acceptors (Lipinski definition) is 4. The third kappa shape index (κ3) is 6.45.